The maximum Gasteiger partial charge on any atom is 0.139 e. The van der Waals surface area contributed by atoms with Gasteiger partial charge in [0.1, 0.15) is 64.0 Å². The van der Waals surface area contributed by atoms with Gasteiger partial charge in [-0.3, -0.25) is 0 Å². The molecule has 0 saturated carbocycles. The normalized spacial score (nSPS) is 10.8. The highest BCUT2D eigenvalue weighted by Crippen LogP contribution is 2.35. The fourth-order valence-corrected chi connectivity index (χ4v) is 14.8. The summed E-state index contributed by atoms with van der Waals surface area (Å²) < 4.78 is 148. The quantitative estimate of drug-likeness (QED) is 0.133. The molecule has 0 atom stereocenters. The zero-order chi connectivity index (χ0) is 90.0. The maximum absolute atomic E-state index is 13.7. The Morgan fingerprint density at radius 1 is 0.163 bits per heavy atom. The van der Waals surface area contributed by atoms with Gasteiger partial charge in [0.15, 0.2) is 0 Å². The van der Waals surface area contributed by atoms with Crippen molar-refractivity contribution in [1.29, 1.82) is 0 Å². The summed E-state index contributed by atoms with van der Waals surface area (Å²) in [6.45, 7) is 32.9. The van der Waals surface area contributed by atoms with Gasteiger partial charge in [-0.2, -0.15) is 0 Å². The Hall–Kier alpha value is -11.3. The summed E-state index contributed by atoms with van der Waals surface area (Å²) in [5, 5.41) is 16.5. The van der Waals surface area contributed by atoms with Crippen molar-refractivity contribution in [1.82, 2.24) is 0 Å². The summed E-state index contributed by atoms with van der Waals surface area (Å²) in [5.41, 5.74) is 14.7. The fraction of sp³-hybridized carbons (Fsp3) is 0.167. The Morgan fingerprint density at radius 2 is 0.472 bits per heavy atom. The molecule has 0 spiro atoms. The summed E-state index contributed by atoms with van der Waals surface area (Å²) in [5.74, 6) is -4.68. The van der Waals surface area contributed by atoms with Crippen LogP contribution >= 0.6 is 46.4 Å². The molecule has 15 heteroatoms. The van der Waals surface area contributed by atoms with E-state index in [1.54, 1.807) is 97.0 Å². The van der Waals surface area contributed by atoms with E-state index in [0.717, 1.165) is 98.3 Å². The number of hydrogen-bond donors (Lipinski definition) is 0. The van der Waals surface area contributed by atoms with Crippen LogP contribution in [0.3, 0.4) is 0 Å². The highest BCUT2D eigenvalue weighted by Gasteiger charge is 2.17. The Bertz CT molecular complexity index is 6630. The van der Waals surface area contributed by atoms with Gasteiger partial charge in [-0.1, -0.05) is 261 Å². The first-order chi connectivity index (χ1) is 58.1. The largest absolute Gasteiger partial charge is 0.207 e. The number of hydrogen-bond acceptors (Lipinski definition) is 0. The monoisotopic (exact) mass is 1740 g/mol. The Kier molecular flexibility index (Phi) is 31.2. The zero-order valence-corrected chi connectivity index (χ0v) is 74.7. The molecule has 0 radical (unpaired) electrons. The van der Waals surface area contributed by atoms with Crippen LogP contribution in [0.4, 0.5) is 48.3 Å². The van der Waals surface area contributed by atoms with E-state index in [1.807, 2.05) is 152 Å². The molecule has 0 amide bonds. The SMILES string of the molecule is Cc1cc(F)c2c(F)c(C)c(F)cc2c1.Cc1cc(F)c2c(F)c(C)ccc2c1.Cc1ccc2c(Cl)c(C)c(F)cc2c1.Cc1ccc2c(Cl)c(C)ccc2c1.Cc1ccc2c(F)c(C)c(Cl)cc2c1.Cc1ccc2c(F)c(C)c(F)cc2c1.Cc1ccc2c(F)c(C)ccc2c1.Cc1ccc2cc(C)c(Cl)cc2c1.Cc1ccc2cc(C)c(F)cc2c1. The van der Waals surface area contributed by atoms with Crippen LogP contribution in [0, 0.1) is 189 Å². The minimum Gasteiger partial charge on any atom is -0.207 e. The van der Waals surface area contributed by atoms with E-state index >= 15 is 0 Å². The molecular weight excluding hydrogens is 1650 g/mol. The average Bonchev–Trinajstić information content (AvgIpc) is 0.787. The first-order valence-corrected chi connectivity index (χ1v) is 41.2. The van der Waals surface area contributed by atoms with Gasteiger partial charge in [0, 0.05) is 59.2 Å². The van der Waals surface area contributed by atoms with Gasteiger partial charge in [0.25, 0.3) is 0 Å². The molecule has 0 aromatic heterocycles. The van der Waals surface area contributed by atoms with Gasteiger partial charge in [-0.25, -0.2) is 48.3 Å². The van der Waals surface area contributed by atoms with Crippen LogP contribution in [0.2, 0.25) is 20.1 Å². The molecule has 18 aromatic carbocycles. The lowest BCUT2D eigenvalue weighted by Crippen LogP contribution is -1.94. The maximum atomic E-state index is 13.7. The Morgan fingerprint density at radius 3 is 0.976 bits per heavy atom. The van der Waals surface area contributed by atoms with E-state index < -0.39 is 40.7 Å². The van der Waals surface area contributed by atoms with E-state index in [-0.39, 0.29) is 50.6 Å². The lowest BCUT2D eigenvalue weighted by atomic mass is 10.0. The zero-order valence-electron chi connectivity index (χ0n) is 71.7. The molecule has 0 unspecified atom stereocenters. The highest BCUT2D eigenvalue weighted by molar-refractivity contribution is 6.37. The van der Waals surface area contributed by atoms with Crippen molar-refractivity contribution in [2.75, 3.05) is 0 Å². The van der Waals surface area contributed by atoms with Crippen molar-refractivity contribution in [3.05, 3.63) is 421 Å². The molecule has 0 aliphatic heterocycles. The topological polar surface area (TPSA) is 0 Å². The number of rotatable bonds is 0. The molecule has 0 aliphatic carbocycles. The van der Waals surface area contributed by atoms with Crippen LogP contribution in [-0.4, -0.2) is 0 Å². The van der Waals surface area contributed by atoms with Crippen molar-refractivity contribution in [2.24, 2.45) is 0 Å². The summed E-state index contributed by atoms with van der Waals surface area (Å²) in [4.78, 5) is 0. The molecule has 0 aliphatic rings. The van der Waals surface area contributed by atoms with Crippen molar-refractivity contribution >= 4 is 143 Å². The molecule has 0 fully saturated rings. The second kappa shape index (κ2) is 40.8. The van der Waals surface area contributed by atoms with Gasteiger partial charge < -0.3 is 0 Å². The second-order valence-corrected chi connectivity index (χ2v) is 33.1. The van der Waals surface area contributed by atoms with Gasteiger partial charge >= 0.3 is 0 Å². The number of aryl methyl sites for hydroxylation is 14. The van der Waals surface area contributed by atoms with Crippen LogP contribution < -0.4 is 0 Å². The molecule has 0 saturated heterocycles. The molecule has 123 heavy (non-hydrogen) atoms. The Balaban J connectivity index is 0.000000145. The van der Waals surface area contributed by atoms with Gasteiger partial charge in [-0.05, 0) is 283 Å². The van der Waals surface area contributed by atoms with Crippen LogP contribution in [0.5, 0.6) is 0 Å². The minimum atomic E-state index is -0.817. The lowest BCUT2D eigenvalue weighted by Gasteiger charge is -2.06. The van der Waals surface area contributed by atoms with Crippen LogP contribution in [0.25, 0.3) is 97.0 Å². The standard InChI is InChI=1S/2C12H10ClF.2C12H11Cl.C12H9F3.2C12H10F2.2C12H11F/c1-7-3-4-10-9(5-7)6-11(14)8(2)12(10)13;1-7-3-4-10-9(5-7)6-11(13)8(2)12(10)14;1-8-3-6-11-10(7-8)5-4-9(2)12(11)13;1-8-3-4-10-6-9(2)12(13)7-11(10)5-8;1-6-3-8-5-9(13)7(2)12(15)11(8)10(14)4-6;1-7-5-9-4-3-8(2)12(14)11(9)10(13)6-7;1-7-3-4-10-9(5-7)6-11(13)8(2)12(10)14;1-8-3-6-11-10(7-8)5-4-9(2)12(11)13;1-8-3-4-10-6-9(2)12(13)7-11(10)5-8/h2*3-6H,1-2H3;2*3-7H,1-2H3;3-5H,1-2H3;2*3-6H,1-2H3;2*3-7H,1-2H3. The molecule has 0 heterocycles. The summed E-state index contributed by atoms with van der Waals surface area (Å²) in [7, 11) is 0. The van der Waals surface area contributed by atoms with Crippen molar-refractivity contribution in [3.8, 4) is 0 Å². The summed E-state index contributed by atoms with van der Waals surface area (Å²) in [6, 6.07) is 72.1. The summed E-state index contributed by atoms with van der Waals surface area (Å²) in [6.07, 6.45) is 0. The van der Waals surface area contributed by atoms with Gasteiger partial charge in [0.2, 0.25) is 0 Å². The number of benzene rings is 18. The van der Waals surface area contributed by atoms with Crippen LogP contribution in [-0.2, 0) is 0 Å². The summed E-state index contributed by atoms with van der Waals surface area (Å²) >= 11 is 24.2. The molecular formula is C108H93Cl4F11. The average molecular weight is 1740 g/mol. The molecule has 0 nitrogen and oxygen atoms in total. The van der Waals surface area contributed by atoms with Crippen molar-refractivity contribution in [3.63, 3.8) is 0 Å². The van der Waals surface area contributed by atoms with Gasteiger partial charge in [0.05, 0.1) is 20.8 Å². The second-order valence-electron chi connectivity index (χ2n) is 31.5. The lowest BCUT2D eigenvalue weighted by molar-refractivity contribution is 0.568. The first kappa shape index (κ1) is 93.9. The van der Waals surface area contributed by atoms with E-state index in [9.17, 15) is 48.3 Å². The fourth-order valence-electron chi connectivity index (χ4n) is 14.0. The van der Waals surface area contributed by atoms with Gasteiger partial charge in [-0.15, -0.1) is 0 Å². The van der Waals surface area contributed by atoms with Crippen molar-refractivity contribution < 1.29 is 48.3 Å². The predicted molar refractivity (Wildman–Crippen MR) is 500 cm³/mol. The van der Waals surface area contributed by atoms with E-state index in [2.05, 4.69) is 68.4 Å². The first-order valence-electron chi connectivity index (χ1n) is 39.7. The van der Waals surface area contributed by atoms with Crippen LogP contribution in [0.15, 0.2) is 237 Å². The van der Waals surface area contributed by atoms with Crippen LogP contribution in [0.1, 0.15) is 100 Å². The van der Waals surface area contributed by atoms with E-state index in [0.29, 0.717) is 70.4 Å². The highest BCUT2D eigenvalue weighted by atomic mass is 35.5. The predicted octanol–water partition coefficient (Wildman–Crippen LogP) is 35.3. The molecule has 18 aromatic rings. The number of fused-ring (bicyclic) bond motifs is 9. The smallest absolute Gasteiger partial charge is 0.139 e. The molecule has 0 N–H and O–H groups in total. The van der Waals surface area contributed by atoms with E-state index in [1.165, 1.54) is 65.4 Å². The van der Waals surface area contributed by atoms with E-state index in [4.69, 9.17) is 46.4 Å². The molecule has 18 rings (SSSR count). The third-order valence-corrected chi connectivity index (χ3v) is 23.0. The molecule has 630 valence electrons. The third kappa shape index (κ3) is 23.0. The van der Waals surface area contributed by atoms with Crippen molar-refractivity contribution in [2.45, 2.75) is 125 Å². The Labute approximate surface area is 732 Å². The minimum absolute atomic E-state index is 0.0846. The third-order valence-electron chi connectivity index (χ3n) is 21.2. The number of halogens is 15. The molecule has 0 bridgehead atoms.